The first-order valence-corrected chi connectivity index (χ1v) is 6.20. The predicted octanol–water partition coefficient (Wildman–Crippen LogP) is -1.93. The lowest BCUT2D eigenvalue weighted by molar-refractivity contribution is -0.507. The van der Waals surface area contributed by atoms with Gasteiger partial charge in [0.2, 0.25) is 0 Å². The van der Waals surface area contributed by atoms with Crippen molar-refractivity contribution in [3.63, 3.8) is 0 Å². The smallest absolute Gasteiger partial charge is 0.402 e. The van der Waals surface area contributed by atoms with E-state index in [2.05, 4.69) is 26.5 Å². The zero-order chi connectivity index (χ0) is 16.0. The molecule has 1 aromatic rings. The number of azo groups is 1. The second-order valence-electron chi connectivity index (χ2n) is 3.68. The standard InChI is InChI=1S/C10H13BrN8O2/c11-8-3-6(4-16-18(20)9(12)13)1-2-7(8)5-17-19(21)10(14)15/h1-5,16H,12-13H2,(H3,14,15). The van der Waals surface area contributed by atoms with Gasteiger partial charge < -0.3 is 10.4 Å². The summed E-state index contributed by atoms with van der Waals surface area (Å²) >= 11 is 3.28. The minimum atomic E-state index is -0.720. The normalized spacial score (nSPS) is 13.1. The van der Waals surface area contributed by atoms with Gasteiger partial charge in [0.1, 0.15) is 0 Å². The average molecular weight is 357 g/mol. The monoisotopic (exact) mass is 356 g/mol. The van der Waals surface area contributed by atoms with Crippen LogP contribution in [0, 0.1) is 15.8 Å². The summed E-state index contributed by atoms with van der Waals surface area (Å²) in [7, 11) is 0. The molecule has 0 saturated carbocycles. The summed E-state index contributed by atoms with van der Waals surface area (Å²) < 4.78 is 0.612. The van der Waals surface area contributed by atoms with Crippen LogP contribution in [0.2, 0.25) is 0 Å². The van der Waals surface area contributed by atoms with Crippen LogP contribution < -0.4 is 33.1 Å². The molecular weight excluding hydrogens is 344 g/mol. The number of hydroxylamine groups is 1. The molecule has 0 unspecified atom stereocenters. The Balaban J connectivity index is 3.09. The third kappa shape index (κ3) is 4.99. The Morgan fingerprint density at radius 2 is 2.00 bits per heavy atom. The van der Waals surface area contributed by atoms with E-state index in [1.165, 1.54) is 12.4 Å². The van der Waals surface area contributed by atoms with Gasteiger partial charge in [0.25, 0.3) is 0 Å². The molecule has 1 aromatic carbocycles. The number of hydrazine groups is 1. The Labute approximate surface area is 127 Å². The second-order valence-corrected chi connectivity index (χ2v) is 4.53. The molecule has 0 saturated heterocycles. The van der Waals surface area contributed by atoms with E-state index >= 15 is 0 Å². The molecule has 11 heteroatoms. The number of guanidine groups is 2. The lowest BCUT2D eigenvalue weighted by atomic mass is 10.3. The molecule has 0 bridgehead atoms. The molecule has 0 fully saturated rings. The number of halogens is 1. The van der Waals surface area contributed by atoms with Crippen LogP contribution in [0.3, 0.4) is 0 Å². The van der Waals surface area contributed by atoms with Crippen LogP contribution in [0.5, 0.6) is 0 Å². The van der Waals surface area contributed by atoms with Crippen molar-refractivity contribution in [2.45, 2.75) is 0 Å². The van der Waals surface area contributed by atoms with E-state index in [1.807, 2.05) is 0 Å². The highest BCUT2D eigenvalue weighted by molar-refractivity contribution is 9.10. The largest absolute Gasteiger partial charge is 0.723 e. The minimum absolute atomic E-state index is 0.0246. The molecule has 0 aliphatic heterocycles. The summed E-state index contributed by atoms with van der Waals surface area (Å²) in [5.41, 5.74) is 17.4. The number of nitrogens with zero attached hydrogens (tertiary/aromatic N) is 3. The summed E-state index contributed by atoms with van der Waals surface area (Å²) in [6, 6.07) is 4.96. The van der Waals surface area contributed by atoms with Crippen molar-refractivity contribution in [2.24, 2.45) is 22.3 Å². The zero-order valence-corrected chi connectivity index (χ0v) is 12.2. The van der Waals surface area contributed by atoms with E-state index in [-0.39, 0.29) is 9.71 Å². The molecular formula is C10H13BrN8O2. The SMILES string of the molecule is N=C(N)[N+]([O-])=NC=c1ccc(=CN[N+]([O-])=C(N)N)cc1Br. The van der Waals surface area contributed by atoms with Gasteiger partial charge in [0, 0.05) is 15.9 Å². The van der Waals surface area contributed by atoms with Crippen LogP contribution in [-0.4, -0.2) is 21.6 Å². The highest BCUT2D eigenvalue weighted by atomic mass is 79.9. The fourth-order valence-corrected chi connectivity index (χ4v) is 1.62. The summed E-state index contributed by atoms with van der Waals surface area (Å²) in [5.74, 6) is -1.14. The molecule has 0 aliphatic carbocycles. The van der Waals surface area contributed by atoms with Gasteiger partial charge in [-0.25, -0.2) is 0 Å². The van der Waals surface area contributed by atoms with Crippen LogP contribution >= 0.6 is 15.9 Å². The molecule has 21 heavy (non-hydrogen) atoms. The molecule has 0 spiro atoms. The maximum atomic E-state index is 11.1. The number of nitrogens with two attached hydrogens (primary N) is 3. The Morgan fingerprint density at radius 1 is 1.33 bits per heavy atom. The first kappa shape index (κ1) is 16.2. The third-order valence-electron chi connectivity index (χ3n) is 2.12. The number of hydrogen-bond acceptors (Lipinski definition) is 5. The summed E-state index contributed by atoms with van der Waals surface area (Å²) in [6.07, 6.45) is 2.62. The second kappa shape index (κ2) is 7.09. The van der Waals surface area contributed by atoms with Crippen LogP contribution in [0.25, 0.3) is 12.4 Å². The van der Waals surface area contributed by atoms with E-state index in [9.17, 15) is 10.4 Å². The molecule has 0 aliphatic rings. The van der Waals surface area contributed by atoms with E-state index in [4.69, 9.17) is 22.6 Å². The zero-order valence-electron chi connectivity index (χ0n) is 10.7. The molecule has 1 rings (SSSR count). The fraction of sp³-hybridized carbons (Fsp3) is 0. The van der Waals surface area contributed by atoms with Gasteiger partial charge in [-0.05, 0) is 11.3 Å². The number of rotatable bonds is 3. The van der Waals surface area contributed by atoms with Crippen molar-refractivity contribution < 1.29 is 9.71 Å². The van der Waals surface area contributed by atoms with Crippen molar-refractivity contribution >= 4 is 40.2 Å². The Morgan fingerprint density at radius 3 is 2.52 bits per heavy atom. The van der Waals surface area contributed by atoms with Crippen molar-refractivity contribution in [1.29, 1.82) is 5.41 Å². The van der Waals surface area contributed by atoms with Gasteiger partial charge in [0.15, 0.2) is 0 Å². The maximum Gasteiger partial charge on any atom is 0.402 e. The number of hydrogen-bond donors (Lipinski definition) is 5. The van der Waals surface area contributed by atoms with E-state index in [0.29, 0.717) is 14.9 Å². The number of hydrazone groups is 1. The van der Waals surface area contributed by atoms with Gasteiger partial charge in [-0.2, -0.15) is 4.85 Å². The number of nitrogens with one attached hydrogen (secondary N) is 2. The van der Waals surface area contributed by atoms with E-state index < -0.39 is 11.9 Å². The summed E-state index contributed by atoms with van der Waals surface area (Å²) in [6.45, 7) is 0. The molecule has 0 amide bonds. The summed E-state index contributed by atoms with van der Waals surface area (Å²) in [5, 5.41) is 33.6. The molecule has 0 atom stereocenters. The molecule has 8 N–H and O–H groups in total. The van der Waals surface area contributed by atoms with Gasteiger partial charge in [-0.15, -0.1) is 15.4 Å². The van der Waals surface area contributed by atoms with E-state index in [0.717, 1.165) is 0 Å². The highest BCUT2D eigenvalue weighted by Gasteiger charge is 1.94. The van der Waals surface area contributed by atoms with Crippen LogP contribution in [0.4, 0.5) is 0 Å². The lowest BCUT2D eigenvalue weighted by Gasteiger charge is -2.09. The van der Waals surface area contributed by atoms with E-state index in [1.54, 1.807) is 18.2 Å². The predicted molar refractivity (Wildman–Crippen MR) is 80.4 cm³/mol. The lowest BCUT2D eigenvalue weighted by Crippen LogP contribution is -2.38. The third-order valence-corrected chi connectivity index (χ3v) is 2.80. The molecule has 0 heterocycles. The Bertz CT molecular complexity index is 723. The van der Waals surface area contributed by atoms with Crippen molar-refractivity contribution in [3.8, 4) is 0 Å². The minimum Gasteiger partial charge on any atom is -0.723 e. The van der Waals surface area contributed by atoms with Crippen molar-refractivity contribution in [1.82, 2.24) is 5.43 Å². The molecule has 0 radical (unpaired) electrons. The quantitative estimate of drug-likeness (QED) is 0.105. The highest BCUT2D eigenvalue weighted by Crippen LogP contribution is 1.97. The Kier molecular flexibility index (Phi) is 5.48. The van der Waals surface area contributed by atoms with Crippen LogP contribution in [0.1, 0.15) is 0 Å². The average Bonchev–Trinajstić information content (AvgIpc) is 2.42. The van der Waals surface area contributed by atoms with Crippen molar-refractivity contribution in [3.05, 3.63) is 43.5 Å². The summed E-state index contributed by atoms with van der Waals surface area (Å²) in [4.78, 5) is 0.175. The van der Waals surface area contributed by atoms with Gasteiger partial charge in [-0.3, -0.25) is 22.6 Å². The van der Waals surface area contributed by atoms with Crippen LogP contribution in [-0.2, 0) is 0 Å². The molecule has 112 valence electrons. The van der Waals surface area contributed by atoms with Gasteiger partial charge >= 0.3 is 11.9 Å². The van der Waals surface area contributed by atoms with Gasteiger partial charge in [0.05, 0.1) is 6.20 Å². The topological polar surface area (TPSA) is 178 Å². The fourth-order valence-electron chi connectivity index (χ4n) is 1.12. The van der Waals surface area contributed by atoms with Crippen LogP contribution in [0.15, 0.2) is 27.8 Å². The Hall–Kier alpha value is -2.82. The van der Waals surface area contributed by atoms with Gasteiger partial charge in [-0.1, -0.05) is 28.1 Å². The molecule has 0 aromatic heterocycles. The molecule has 10 nitrogen and oxygen atoms in total. The first-order valence-electron chi connectivity index (χ1n) is 5.40. The number of benzene rings is 1. The maximum absolute atomic E-state index is 11.1. The van der Waals surface area contributed by atoms with Crippen molar-refractivity contribution in [2.75, 3.05) is 0 Å². The first-order chi connectivity index (χ1) is 9.81.